The fourth-order valence-electron chi connectivity index (χ4n) is 3.41. The second kappa shape index (κ2) is 8.09. The number of aryl methyl sites for hydroxylation is 1. The molecule has 0 radical (unpaired) electrons. The Morgan fingerprint density at radius 2 is 1.93 bits per heavy atom. The number of esters is 1. The highest BCUT2D eigenvalue weighted by atomic mass is 32.1. The normalized spacial score (nSPS) is 11.2. The number of pyridine rings is 1. The van der Waals surface area contributed by atoms with Crippen LogP contribution in [0.3, 0.4) is 0 Å². The third-order valence-electron chi connectivity index (χ3n) is 4.70. The molecule has 0 aliphatic heterocycles. The maximum Gasteiger partial charge on any atom is 0.348 e. The van der Waals surface area contributed by atoms with E-state index in [2.05, 4.69) is 18.2 Å². The van der Waals surface area contributed by atoms with Crippen molar-refractivity contribution in [3.63, 3.8) is 0 Å². The molecular formula is C23H21NO3S. The number of rotatable bonds is 6. The van der Waals surface area contributed by atoms with Gasteiger partial charge in [0.05, 0.1) is 17.8 Å². The van der Waals surface area contributed by atoms with E-state index in [1.807, 2.05) is 43.3 Å². The van der Waals surface area contributed by atoms with Crippen molar-refractivity contribution in [1.82, 2.24) is 4.98 Å². The molecule has 4 aromatic rings. The number of fused-ring (bicyclic) bond motifs is 3. The maximum absolute atomic E-state index is 12.1. The molecule has 4 nitrogen and oxygen atoms in total. The van der Waals surface area contributed by atoms with E-state index in [1.54, 1.807) is 0 Å². The predicted octanol–water partition coefficient (Wildman–Crippen LogP) is 5.22. The summed E-state index contributed by atoms with van der Waals surface area (Å²) in [6.45, 7) is 2.31. The quantitative estimate of drug-likeness (QED) is 0.458. The molecule has 0 spiro atoms. The van der Waals surface area contributed by atoms with Crippen LogP contribution >= 0.6 is 11.3 Å². The van der Waals surface area contributed by atoms with Crippen LogP contribution in [0.15, 0.2) is 54.6 Å². The van der Waals surface area contributed by atoms with E-state index in [4.69, 9.17) is 9.72 Å². The van der Waals surface area contributed by atoms with Crippen molar-refractivity contribution in [2.75, 3.05) is 13.2 Å². The van der Waals surface area contributed by atoms with Gasteiger partial charge in [0.1, 0.15) is 4.88 Å². The van der Waals surface area contributed by atoms with Crippen molar-refractivity contribution in [3.8, 4) is 11.3 Å². The van der Waals surface area contributed by atoms with Crippen LogP contribution in [0.2, 0.25) is 0 Å². The van der Waals surface area contributed by atoms with Crippen LogP contribution < -0.4 is 0 Å². The number of hydrogen-bond donors (Lipinski definition) is 1. The van der Waals surface area contributed by atoms with Gasteiger partial charge in [-0.2, -0.15) is 0 Å². The van der Waals surface area contributed by atoms with Crippen LogP contribution in [0.25, 0.3) is 32.2 Å². The Morgan fingerprint density at radius 3 is 2.68 bits per heavy atom. The minimum absolute atomic E-state index is 0.141. The van der Waals surface area contributed by atoms with E-state index in [0.717, 1.165) is 44.2 Å². The average molecular weight is 391 g/mol. The van der Waals surface area contributed by atoms with Gasteiger partial charge in [0, 0.05) is 27.6 Å². The molecule has 0 amide bonds. The van der Waals surface area contributed by atoms with Crippen LogP contribution in [0.4, 0.5) is 0 Å². The van der Waals surface area contributed by atoms with Gasteiger partial charge < -0.3 is 9.84 Å². The fraction of sp³-hybridized carbons (Fsp3) is 0.217. The molecule has 0 aliphatic carbocycles. The van der Waals surface area contributed by atoms with Gasteiger partial charge in [-0.25, -0.2) is 9.78 Å². The summed E-state index contributed by atoms with van der Waals surface area (Å²) in [5.74, 6) is -0.286. The Hall–Kier alpha value is -2.76. The van der Waals surface area contributed by atoms with Crippen LogP contribution in [0.1, 0.15) is 28.6 Å². The number of aromatic nitrogens is 1. The second-order valence-corrected chi connectivity index (χ2v) is 7.65. The molecular weight excluding hydrogens is 370 g/mol. The van der Waals surface area contributed by atoms with E-state index in [1.165, 1.54) is 11.3 Å². The monoisotopic (exact) mass is 391 g/mol. The summed E-state index contributed by atoms with van der Waals surface area (Å²) < 4.78 is 6.19. The number of nitrogens with zero attached hydrogens (tertiary/aromatic N) is 1. The Balaban J connectivity index is 1.90. The number of thiophene rings is 1. The van der Waals surface area contributed by atoms with Crippen LogP contribution in [0.5, 0.6) is 0 Å². The van der Waals surface area contributed by atoms with Crippen molar-refractivity contribution in [3.05, 3.63) is 65.0 Å². The van der Waals surface area contributed by atoms with Gasteiger partial charge in [-0.05, 0) is 49.6 Å². The van der Waals surface area contributed by atoms with Crippen molar-refractivity contribution in [2.45, 2.75) is 19.8 Å². The minimum Gasteiger partial charge on any atom is -0.462 e. The third kappa shape index (κ3) is 3.51. The summed E-state index contributed by atoms with van der Waals surface area (Å²) >= 11 is 1.44. The van der Waals surface area contributed by atoms with Crippen molar-refractivity contribution in [2.24, 2.45) is 0 Å². The van der Waals surface area contributed by atoms with Gasteiger partial charge in [0.2, 0.25) is 0 Å². The number of aliphatic hydroxyl groups is 1. The first kappa shape index (κ1) is 18.6. The molecule has 2 heterocycles. The molecule has 1 N–H and O–H groups in total. The van der Waals surface area contributed by atoms with Crippen LogP contribution in [-0.4, -0.2) is 29.3 Å². The molecule has 0 saturated heterocycles. The molecule has 142 valence electrons. The number of carbonyl (C=O) groups is 1. The van der Waals surface area contributed by atoms with E-state index in [9.17, 15) is 9.90 Å². The van der Waals surface area contributed by atoms with E-state index in [0.29, 0.717) is 17.9 Å². The highest BCUT2D eigenvalue weighted by Crippen LogP contribution is 2.35. The molecule has 0 aliphatic rings. The number of carbonyl (C=O) groups excluding carboxylic acids is 1. The first-order chi connectivity index (χ1) is 13.7. The molecule has 4 rings (SSSR count). The van der Waals surface area contributed by atoms with Gasteiger partial charge in [0.25, 0.3) is 0 Å². The van der Waals surface area contributed by atoms with Crippen molar-refractivity contribution < 1.29 is 14.6 Å². The number of aliphatic hydroxyl groups excluding tert-OH is 1. The smallest absolute Gasteiger partial charge is 0.348 e. The summed E-state index contributed by atoms with van der Waals surface area (Å²) in [5, 5.41) is 11.4. The zero-order chi connectivity index (χ0) is 19.5. The first-order valence-corrected chi connectivity index (χ1v) is 10.2. The molecule has 2 aromatic carbocycles. The Kier molecular flexibility index (Phi) is 5.37. The predicted molar refractivity (Wildman–Crippen MR) is 114 cm³/mol. The third-order valence-corrected chi connectivity index (χ3v) is 5.78. The highest BCUT2D eigenvalue weighted by Gasteiger charge is 2.15. The molecule has 2 aromatic heterocycles. The second-order valence-electron chi connectivity index (χ2n) is 6.56. The standard InChI is InChI=1S/C23H21NO3S/c1-2-27-23(26)21-14-18-17-13-16(9-6-12-25)22(15-7-4-3-5-8-15)24-19(17)10-11-20(18)28-21/h3-5,7-8,10-11,13-14,25H,2,6,9,12H2,1H3. The van der Waals surface area contributed by atoms with Crippen molar-refractivity contribution >= 4 is 38.3 Å². The topological polar surface area (TPSA) is 59.4 Å². The summed E-state index contributed by atoms with van der Waals surface area (Å²) in [5.41, 5.74) is 4.01. The zero-order valence-electron chi connectivity index (χ0n) is 15.6. The Morgan fingerprint density at radius 1 is 1.11 bits per heavy atom. The SMILES string of the molecule is CCOC(=O)c1cc2c(ccc3nc(-c4ccccc4)c(CCCO)cc32)s1. The molecule has 0 unspecified atom stereocenters. The van der Waals surface area contributed by atoms with Gasteiger partial charge in [-0.1, -0.05) is 30.3 Å². The van der Waals surface area contributed by atoms with E-state index in [-0.39, 0.29) is 12.6 Å². The largest absolute Gasteiger partial charge is 0.462 e. The number of hydrogen-bond acceptors (Lipinski definition) is 5. The summed E-state index contributed by atoms with van der Waals surface area (Å²) in [6.07, 6.45) is 1.43. The lowest BCUT2D eigenvalue weighted by Gasteiger charge is -2.11. The van der Waals surface area contributed by atoms with Gasteiger partial charge >= 0.3 is 5.97 Å². The summed E-state index contributed by atoms with van der Waals surface area (Å²) in [7, 11) is 0. The lowest BCUT2D eigenvalue weighted by Crippen LogP contribution is -2.01. The van der Waals surface area contributed by atoms with Crippen LogP contribution in [-0.2, 0) is 11.2 Å². The van der Waals surface area contributed by atoms with E-state index < -0.39 is 0 Å². The highest BCUT2D eigenvalue weighted by molar-refractivity contribution is 7.20. The first-order valence-electron chi connectivity index (χ1n) is 9.41. The minimum atomic E-state index is -0.286. The molecule has 28 heavy (non-hydrogen) atoms. The van der Waals surface area contributed by atoms with Gasteiger partial charge in [-0.3, -0.25) is 0 Å². The number of ether oxygens (including phenoxy) is 1. The molecule has 0 fully saturated rings. The molecule has 5 heteroatoms. The zero-order valence-corrected chi connectivity index (χ0v) is 16.5. The lowest BCUT2D eigenvalue weighted by atomic mass is 9.99. The maximum atomic E-state index is 12.1. The average Bonchev–Trinajstić information content (AvgIpc) is 3.17. The van der Waals surface area contributed by atoms with Gasteiger partial charge in [-0.15, -0.1) is 11.3 Å². The molecule has 0 saturated carbocycles. The fourth-order valence-corrected chi connectivity index (χ4v) is 4.39. The summed E-state index contributed by atoms with van der Waals surface area (Å²) in [4.78, 5) is 17.7. The Bertz CT molecular complexity index is 1130. The molecule has 0 bridgehead atoms. The Labute approximate surface area is 167 Å². The van der Waals surface area contributed by atoms with Crippen molar-refractivity contribution in [1.29, 1.82) is 0 Å². The van der Waals surface area contributed by atoms with Crippen LogP contribution in [0, 0.1) is 0 Å². The lowest BCUT2D eigenvalue weighted by molar-refractivity contribution is 0.0532. The van der Waals surface area contributed by atoms with E-state index >= 15 is 0 Å². The van der Waals surface area contributed by atoms with Gasteiger partial charge in [0.15, 0.2) is 0 Å². The summed E-state index contributed by atoms with van der Waals surface area (Å²) in [6, 6.07) is 18.2. The number of benzene rings is 2. The molecule has 0 atom stereocenters.